The summed E-state index contributed by atoms with van der Waals surface area (Å²) < 4.78 is 55.8. The van der Waals surface area contributed by atoms with E-state index in [9.17, 15) is 12.8 Å². The number of sulfone groups is 1. The maximum atomic E-state index is 13.8. The Balaban J connectivity index is 1.57. The van der Waals surface area contributed by atoms with Crippen molar-refractivity contribution in [2.75, 3.05) is 13.2 Å². The van der Waals surface area contributed by atoms with Crippen LogP contribution < -0.4 is 9.47 Å². The molecule has 3 aromatic rings. The Kier molecular flexibility index (Phi) is 5.42. The van der Waals surface area contributed by atoms with Crippen molar-refractivity contribution in [3.8, 4) is 22.9 Å². The smallest absolute Gasteiger partial charge is 0.245 e. The second-order valence-corrected chi connectivity index (χ2v) is 9.70. The number of aryl methyl sites for hydroxylation is 1. The maximum absolute atomic E-state index is 13.8. The van der Waals surface area contributed by atoms with Crippen LogP contribution in [0.25, 0.3) is 11.4 Å². The van der Waals surface area contributed by atoms with E-state index in [4.69, 9.17) is 25.6 Å². The lowest BCUT2D eigenvalue weighted by molar-refractivity contribution is 0.171. The van der Waals surface area contributed by atoms with Crippen molar-refractivity contribution in [3.05, 3.63) is 58.2 Å². The average molecular weight is 453 g/mol. The van der Waals surface area contributed by atoms with Crippen molar-refractivity contribution < 1.29 is 26.8 Å². The number of halogens is 2. The molecule has 1 aliphatic rings. The van der Waals surface area contributed by atoms with Gasteiger partial charge in [-0.1, -0.05) is 28.9 Å². The lowest BCUT2D eigenvalue weighted by Gasteiger charge is -2.20. The lowest BCUT2D eigenvalue weighted by Crippen LogP contribution is -2.17. The van der Waals surface area contributed by atoms with Crippen LogP contribution in [0, 0.1) is 12.7 Å². The van der Waals surface area contributed by atoms with Crippen molar-refractivity contribution in [2.45, 2.75) is 24.9 Å². The number of nitrogens with zero attached hydrogens (tertiary/aromatic N) is 2. The molecule has 1 aromatic heterocycles. The summed E-state index contributed by atoms with van der Waals surface area (Å²) in [4.78, 5) is 4.15. The third-order valence-corrected chi connectivity index (χ3v) is 7.08. The summed E-state index contributed by atoms with van der Waals surface area (Å²) >= 11 is 6.20. The minimum atomic E-state index is -3.72. The molecule has 2 heterocycles. The molecule has 10 heteroatoms. The number of ether oxygens (including phenoxy) is 2. The molecule has 0 aliphatic carbocycles. The fourth-order valence-electron chi connectivity index (χ4n) is 3.01. The first-order valence-corrected chi connectivity index (χ1v) is 11.2. The molecule has 7 nitrogen and oxygen atoms in total. The fraction of sp³-hybridized carbons (Fsp3) is 0.300. The molecule has 0 radical (unpaired) electrons. The first-order chi connectivity index (χ1) is 14.2. The highest BCUT2D eigenvalue weighted by Gasteiger charge is 2.30. The van der Waals surface area contributed by atoms with Gasteiger partial charge in [-0.3, -0.25) is 0 Å². The predicted molar refractivity (Wildman–Crippen MR) is 108 cm³/mol. The van der Waals surface area contributed by atoms with Gasteiger partial charge in [-0.05, 0) is 43.2 Å². The SMILES string of the molecule is Cc1ccc(-c2noc(C(C)S(=O)(=O)Cc3cc(Cl)c4c(c3)OCCO4)n2)cc1F. The second-order valence-electron chi connectivity index (χ2n) is 6.97. The zero-order valence-electron chi connectivity index (χ0n) is 16.2. The summed E-state index contributed by atoms with van der Waals surface area (Å²) in [6.45, 7) is 3.84. The van der Waals surface area contributed by atoms with E-state index in [0.717, 1.165) is 0 Å². The van der Waals surface area contributed by atoms with E-state index in [2.05, 4.69) is 10.1 Å². The summed E-state index contributed by atoms with van der Waals surface area (Å²) in [5.41, 5.74) is 1.34. The molecule has 0 bridgehead atoms. The molecule has 0 N–H and O–H groups in total. The third-order valence-electron chi connectivity index (χ3n) is 4.78. The van der Waals surface area contributed by atoms with Gasteiger partial charge in [-0.2, -0.15) is 4.98 Å². The van der Waals surface area contributed by atoms with Crippen LogP contribution in [0.4, 0.5) is 4.39 Å². The Bertz CT molecular complexity index is 1210. The highest BCUT2D eigenvalue weighted by Crippen LogP contribution is 2.39. The van der Waals surface area contributed by atoms with E-state index in [1.54, 1.807) is 25.1 Å². The first kappa shape index (κ1) is 20.6. The van der Waals surface area contributed by atoms with Crippen molar-refractivity contribution in [3.63, 3.8) is 0 Å². The Morgan fingerprint density at radius 2 is 1.97 bits per heavy atom. The van der Waals surface area contributed by atoms with Gasteiger partial charge in [0.15, 0.2) is 21.3 Å². The molecule has 0 spiro atoms. The molecular formula is C20H18ClFN2O5S. The molecule has 30 heavy (non-hydrogen) atoms. The summed E-state index contributed by atoms with van der Waals surface area (Å²) in [6.07, 6.45) is 0. The van der Waals surface area contributed by atoms with Crippen molar-refractivity contribution in [1.29, 1.82) is 0 Å². The summed E-state index contributed by atoms with van der Waals surface area (Å²) in [5.74, 6) is 0.150. The lowest BCUT2D eigenvalue weighted by atomic mass is 10.1. The standard InChI is InChI=1S/C20H18ClFN2O5S/c1-11-3-4-14(9-16(11)22)19-23-20(29-24-19)12(2)30(25,26)10-13-7-15(21)18-17(8-13)27-5-6-28-18/h3-4,7-9,12H,5-6,10H2,1-2H3. The van der Waals surface area contributed by atoms with Gasteiger partial charge in [-0.15, -0.1) is 0 Å². The van der Waals surface area contributed by atoms with Gasteiger partial charge in [0, 0.05) is 5.56 Å². The quantitative estimate of drug-likeness (QED) is 0.570. The van der Waals surface area contributed by atoms with Crippen LogP contribution >= 0.6 is 11.6 Å². The van der Waals surface area contributed by atoms with Crippen LogP contribution in [-0.4, -0.2) is 31.8 Å². The Hall–Kier alpha value is -2.65. The van der Waals surface area contributed by atoms with E-state index >= 15 is 0 Å². The number of aromatic nitrogens is 2. The van der Waals surface area contributed by atoms with E-state index in [0.29, 0.717) is 41.4 Å². The van der Waals surface area contributed by atoms with Crippen LogP contribution in [0.2, 0.25) is 5.02 Å². The van der Waals surface area contributed by atoms with Crippen LogP contribution in [-0.2, 0) is 15.6 Å². The molecule has 0 saturated carbocycles. The van der Waals surface area contributed by atoms with E-state index in [1.807, 2.05) is 0 Å². The largest absolute Gasteiger partial charge is 0.486 e. The van der Waals surface area contributed by atoms with Crippen molar-refractivity contribution >= 4 is 21.4 Å². The number of hydrogen-bond acceptors (Lipinski definition) is 7. The number of benzene rings is 2. The van der Waals surface area contributed by atoms with E-state index < -0.39 is 20.9 Å². The van der Waals surface area contributed by atoms with Gasteiger partial charge in [0.25, 0.3) is 0 Å². The van der Waals surface area contributed by atoms with E-state index in [-0.39, 0.29) is 22.5 Å². The Morgan fingerprint density at radius 3 is 2.73 bits per heavy atom. The van der Waals surface area contributed by atoms with Crippen molar-refractivity contribution in [1.82, 2.24) is 10.1 Å². The van der Waals surface area contributed by atoms with Gasteiger partial charge in [0.2, 0.25) is 11.7 Å². The monoisotopic (exact) mass is 452 g/mol. The van der Waals surface area contributed by atoms with Gasteiger partial charge in [0.05, 0.1) is 10.8 Å². The summed E-state index contributed by atoms with van der Waals surface area (Å²) in [5, 5.41) is 3.01. The molecule has 2 aromatic carbocycles. The summed E-state index contributed by atoms with van der Waals surface area (Å²) in [6, 6.07) is 7.64. The molecule has 0 fully saturated rings. The third kappa shape index (κ3) is 3.99. The summed E-state index contributed by atoms with van der Waals surface area (Å²) in [7, 11) is -3.72. The van der Waals surface area contributed by atoms with Crippen molar-refractivity contribution in [2.24, 2.45) is 0 Å². The van der Waals surface area contributed by atoms with Gasteiger partial charge in [0.1, 0.15) is 24.3 Å². The molecule has 0 amide bonds. The van der Waals surface area contributed by atoms with Crippen LogP contribution in [0.3, 0.4) is 0 Å². The molecule has 1 atom stereocenters. The van der Waals surface area contributed by atoms with Crippen LogP contribution in [0.5, 0.6) is 11.5 Å². The minimum absolute atomic E-state index is 0.0744. The first-order valence-electron chi connectivity index (χ1n) is 9.14. The topological polar surface area (TPSA) is 91.5 Å². The molecule has 4 rings (SSSR count). The van der Waals surface area contributed by atoms with Gasteiger partial charge < -0.3 is 14.0 Å². The predicted octanol–water partition coefficient (Wildman–Crippen LogP) is 4.28. The highest BCUT2D eigenvalue weighted by atomic mass is 35.5. The normalized spacial score (nSPS) is 14.5. The second kappa shape index (κ2) is 7.88. The van der Waals surface area contributed by atoms with Crippen LogP contribution in [0.1, 0.15) is 29.2 Å². The Morgan fingerprint density at radius 1 is 1.20 bits per heavy atom. The van der Waals surface area contributed by atoms with Gasteiger partial charge in [-0.25, -0.2) is 12.8 Å². The molecule has 0 saturated heterocycles. The maximum Gasteiger partial charge on any atom is 0.245 e. The highest BCUT2D eigenvalue weighted by molar-refractivity contribution is 7.90. The molecule has 1 unspecified atom stereocenters. The zero-order chi connectivity index (χ0) is 21.5. The van der Waals surface area contributed by atoms with Gasteiger partial charge >= 0.3 is 0 Å². The average Bonchev–Trinajstić information content (AvgIpc) is 3.19. The molecule has 1 aliphatic heterocycles. The Labute approximate surface area is 177 Å². The van der Waals surface area contributed by atoms with E-state index in [1.165, 1.54) is 19.1 Å². The number of hydrogen-bond donors (Lipinski definition) is 0. The van der Waals surface area contributed by atoms with Crippen LogP contribution in [0.15, 0.2) is 34.9 Å². The number of rotatable bonds is 5. The molecule has 158 valence electrons. The zero-order valence-corrected chi connectivity index (χ0v) is 17.8. The fourth-order valence-corrected chi connectivity index (χ4v) is 4.58. The minimum Gasteiger partial charge on any atom is -0.486 e. The number of fused-ring (bicyclic) bond motifs is 1. The molecular weight excluding hydrogens is 435 g/mol.